The Bertz CT molecular complexity index is 614. The molecule has 4 nitrogen and oxygen atoms in total. The smallest absolute Gasteiger partial charge is 0.368 e. The van der Waals surface area contributed by atoms with Crippen LogP contribution >= 0.6 is 22.9 Å². The summed E-state index contributed by atoms with van der Waals surface area (Å²) in [4.78, 5) is 9.47. The van der Waals surface area contributed by atoms with Gasteiger partial charge in [0, 0.05) is 18.0 Å². The van der Waals surface area contributed by atoms with Gasteiger partial charge in [-0.15, -0.1) is 11.3 Å². The Hall–Kier alpha value is -1.54. The van der Waals surface area contributed by atoms with Crippen LogP contribution in [0.25, 0.3) is 0 Å². The van der Waals surface area contributed by atoms with E-state index >= 15 is 0 Å². The molecule has 0 aliphatic rings. The van der Waals surface area contributed by atoms with Crippen LogP contribution in [0.4, 0.5) is 24.9 Å². The Labute approximate surface area is 122 Å². The summed E-state index contributed by atoms with van der Waals surface area (Å²) >= 11 is 7.16. The van der Waals surface area contributed by atoms with Gasteiger partial charge < -0.3 is 10.6 Å². The molecule has 108 valence electrons. The van der Waals surface area contributed by atoms with Crippen LogP contribution in [0.2, 0.25) is 4.34 Å². The second kappa shape index (κ2) is 5.45. The average Bonchev–Trinajstić information content (AvgIpc) is 2.72. The Morgan fingerprint density at radius 1 is 1.35 bits per heavy atom. The zero-order chi connectivity index (χ0) is 14.9. The number of nitrogen functional groups attached to an aromatic ring is 1. The highest BCUT2D eigenvalue weighted by atomic mass is 35.5. The number of aromatic nitrogens is 2. The monoisotopic (exact) mass is 322 g/mol. The van der Waals surface area contributed by atoms with Crippen molar-refractivity contribution in [3.8, 4) is 0 Å². The summed E-state index contributed by atoms with van der Waals surface area (Å²) in [6.45, 7) is 0.380. The van der Waals surface area contributed by atoms with Crippen molar-refractivity contribution >= 4 is 34.7 Å². The molecule has 0 radical (unpaired) electrons. The average molecular weight is 323 g/mol. The zero-order valence-electron chi connectivity index (χ0n) is 10.3. The molecule has 2 aromatic heterocycles. The molecule has 0 fully saturated rings. The minimum absolute atomic E-state index is 0.106. The van der Waals surface area contributed by atoms with E-state index in [2.05, 4.69) is 9.97 Å². The number of rotatable bonds is 3. The lowest BCUT2D eigenvalue weighted by Gasteiger charge is -2.18. The lowest BCUT2D eigenvalue weighted by atomic mass is 10.3. The Morgan fingerprint density at radius 3 is 2.60 bits per heavy atom. The molecule has 0 spiro atoms. The molecule has 0 amide bonds. The number of alkyl halides is 3. The van der Waals surface area contributed by atoms with Crippen molar-refractivity contribution < 1.29 is 13.2 Å². The van der Waals surface area contributed by atoms with Crippen LogP contribution in [-0.4, -0.2) is 17.0 Å². The van der Waals surface area contributed by atoms with E-state index in [9.17, 15) is 13.2 Å². The first-order chi connectivity index (χ1) is 9.25. The highest BCUT2D eigenvalue weighted by Gasteiger charge is 2.33. The molecule has 0 bridgehead atoms. The third-order valence-electron chi connectivity index (χ3n) is 2.43. The van der Waals surface area contributed by atoms with Gasteiger partial charge in [-0.2, -0.15) is 18.2 Å². The molecule has 20 heavy (non-hydrogen) atoms. The Balaban J connectivity index is 2.25. The summed E-state index contributed by atoms with van der Waals surface area (Å²) in [6, 6.07) is 4.40. The van der Waals surface area contributed by atoms with Crippen LogP contribution in [0.5, 0.6) is 0 Å². The fourth-order valence-electron chi connectivity index (χ4n) is 1.54. The largest absolute Gasteiger partial charge is 0.433 e. The van der Waals surface area contributed by atoms with Gasteiger partial charge in [0.15, 0.2) is 5.69 Å². The first kappa shape index (κ1) is 14.9. The number of thiophene rings is 1. The zero-order valence-corrected chi connectivity index (χ0v) is 11.9. The summed E-state index contributed by atoms with van der Waals surface area (Å²) in [6.07, 6.45) is -4.56. The quantitative estimate of drug-likeness (QED) is 0.940. The molecule has 0 aliphatic carbocycles. The van der Waals surface area contributed by atoms with Crippen LogP contribution in [0, 0.1) is 0 Å². The van der Waals surface area contributed by atoms with Gasteiger partial charge in [0.25, 0.3) is 0 Å². The molecule has 0 atom stereocenters. The van der Waals surface area contributed by atoms with Gasteiger partial charge in [0.05, 0.1) is 10.9 Å². The van der Waals surface area contributed by atoms with Crippen molar-refractivity contribution in [2.24, 2.45) is 0 Å². The van der Waals surface area contributed by atoms with E-state index in [1.165, 1.54) is 11.3 Å². The van der Waals surface area contributed by atoms with E-state index in [-0.39, 0.29) is 5.82 Å². The minimum atomic E-state index is -4.56. The molecular formula is C11H10ClF3N4S. The minimum Gasteiger partial charge on any atom is -0.368 e. The second-order valence-corrected chi connectivity index (χ2v) is 5.83. The molecule has 0 saturated heterocycles. The van der Waals surface area contributed by atoms with Gasteiger partial charge >= 0.3 is 6.18 Å². The maximum atomic E-state index is 12.7. The second-order valence-electron chi connectivity index (χ2n) is 4.03. The molecular weight excluding hydrogens is 313 g/mol. The van der Waals surface area contributed by atoms with Crippen LogP contribution < -0.4 is 10.6 Å². The molecule has 0 aliphatic heterocycles. The van der Waals surface area contributed by atoms with Gasteiger partial charge in [-0.1, -0.05) is 11.6 Å². The third-order valence-corrected chi connectivity index (χ3v) is 3.65. The van der Waals surface area contributed by atoms with Gasteiger partial charge in [-0.25, -0.2) is 4.98 Å². The predicted molar refractivity (Wildman–Crippen MR) is 72.9 cm³/mol. The standard InChI is InChI=1S/C11H10ClF3N4S/c1-19(5-6-2-3-8(12)20-6)9-4-7(11(13,14)15)17-10(16)18-9/h2-4H,5H2,1H3,(H2,16,17,18). The highest BCUT2D eigenvalue weighted by molar-refractivity contribution is 7.16. The van der Waals surface area contributed by atoms with Crippen molar-refractivity contribution in [1.29, 1.82) is 0 Å². The highest BCUT2D eigenvalue weighted by Crippen LogP contribution is 2.30. The van der Waals surface area contributed by atoms with Crippen LogP contribution in [0.15, 0.2) is 18.2 Å². The number of hydrogen-bond acceptors (Lipinski definition) is 5. The first-order valence-corrected chi connectivity index (χ1v) is 6.62. The third kappa shape index (κ3) is 3.51. The molecule has 2 heterocycles. The number of hydrogen-bond donors (Lipinski definition) is 1. The summed E-state index contributed by atoms with van der Waals surface area (Å²) in [5.74, 6) is -0.305. The van der Waals surface area contributed by atoms with Crippen LogP contribution in [0.1, 0.15) is 10.6 Å². The van der Waals surface area contributed by atoms with E-state index in [1.54, 1.807) is 24.1 Å². The Kier molecular flexibility index (Phi) is 4.05. The van der Waals surface area contributed by atoms with Crippen molar-refractivity contribution in [2.45, 2.75) is 12.7 Å². The normalized spacial score (nSPS) is 11.7. The predicted octanol–water partition coefficient (Wildman–Crippen LogP) is 3.43. The SMILES string of the molecule is CN(Cc1ccc(Cl)s1)c1cc(C(F)(F)F)nc(N)n1. The van der Waals surface area contributed by atoms with Gasteiger partial charge in [0.2, 0.25) is 5.95 Å². The molecule has 9 heteroatoms. The van der Waals surface area contributed by atoms with Crippen molar-refractivity contribution in [1.82, 2.24) is 9.97 Å². The first-order valence-electron chi connectivity index (χ1n) is 5.43. The van der Waals surface area contributed by atoms with E-state index in [4.69, 9.17) is 17.3 Å². The summed E-state index contributed by atoms with van der Waals surface area (Å²) in [7, 11) is 1.62. The fraction of sp³-hybridized carbons (Fsp3) is 0.273. The molecule has 0 saturated carbocycles. The summed E-state index contributed by atoms with van der Waals surface area (Å²) < 4.78 is 38.6. The van der Waals surface area contributed by atoms with Crippen LogP contribution in [0.3, 0.4) is 0 Å². The van der Waals surface area contributed by atoms with Gasteiger partial charge in [-0.3, -0.25) is 0 Å². The van der Waals surface area contributed by atoms with Crippen molar-refractivity contribution in [3.05, 3.63) is 33.1 Å². The Morgan fingerprint density at radius 2 is 2.05 bits per heavy atom. The van der Waals surface area contributed by atoms with Crippen molar-refractivity contribution in [2.75, 3.05) is 17.7 Å². The van der Waals surface area contributed by atoms with Crippen LogP contribution in [-0.2, 0) is 12.7 Å². The lowest BCUT2D eigenvalue weighted by Crippen LogP contribution is -2.20. The number of nitrogens with zero attached hydrogens (tertiary/aromatic N) is 3. The van der Waals surface area contributed by atoms with E-state index in [1.807, 2.05) is 0 Å². The maximum Gasteiger partial charge on any atom is 0.433 e. The van der Waals surface area contributed by atoms with Gasteiger partial charge in [-0.05, 0) is 12.1 Å². The number of anilines is 2. The van der Waals surface area contributed by atoms with E-state index in [0.717, 1.165) is 10.9 Å². The van der Waals surface area contributed by atoms with Crippen molar-refractivity contribution in [3.63, 3.8) is 0 Å². The topological polar surface area (TPSA) is 55.0 Å². The van der Waals surface area contributed by atoms with Gasteiger partial charge in [0.1, 0.15) is 5.82 Å². The van der Waals surface area contributed by atoms with E-state index in [0.29, 0.717) is 10.9 Å². The fourth-order valence-corrected chi connectivity index (χ4v) is 2.69. The van der Waals surface area contributed by atoms with E-state index < -0.39 is 17.8 Å². The lowest BCUT2D eigenvalue weighted by molar-refractivity contribution is -0.141. The molecule has 0 unspecified atom stereocenters. The molecule has 2 aromatic rings. The summed E-state index contributed by atoms with van der Waals surface area (Å²) in [5, 5.41) is 0. The maximum absolute atomic E-state index is 12.7. The molecule has 2 N–H and O–H groups in total. The summed E-state index contributed by atoms with van der Waals surface area (Å²) in [5.41, 5.74) is 4.26. The molecule has 0 aromatic carbocycles. The number of halogens is 4. The molecule has 2 rings (SSSR count). The number of nitrogens with two attached hydrogens (primary N) is 1.